The van der Waals surface area contributed by atoms with Gasteiger partial charge in [-0.2, -0.15) is 13.2 Å². The zero-order valence-corrected chi connectivity index (χ0v) is 24.6. The second-order valence-corrected chi connectivity index (χ2v) is 14.0. The highest BCUT2D eigenvalue weighted by Gasteiger charge is 2.70. The van der Waals surface area contributed by atoms with Crippen molar-refractivity contribution in [1.82, 2.24) is 4.98 Å². The number of hydrogen-bond acceptors (Lipinski definition) is 6. The number of anilines is 1. The number of imide groups is 1. The molecular weight excluding hydrogens is 610 g/mol. The summed E-state index contributed by atoms with van der Waals surface area (Å²) in [5.41, 5.74) is 0.578. The van der Waals surface area contributed by atoms with Crippen LogP contribution in [0, 0.1) is 29.6 Å². The summed E-state index contributed by atoms with van der Waals surface area (Å²) in [6.07, 6.45) is -4.07. The van der Waals surface area contributed by atoms with Gasteiger partial charge in [-0.15, -0.1) is 11.8 Å². The molecule has 224 valence electrons. The van der Waals surface area contributed by atoms with Crippen molar-refractivity contribution in [2.24, 2.45) is 29.6 Å². The van der Waals surface area contributed by atoms with Crippen molar-refractivity contribution in [3.05, 3.63) is 110 Å². The average Bonchev–Trinajstić information content (AvgIpc) is 3.75. The number of hydrogen-bond donors (Lipinski definition) is 1. The number of H-pyrrole nitrogens is 1. The molecule has 2 aliphatic carbocycles. The lowest BCUT2D eigenvalue weighted by Gasteiger charge is -2.43. The largest absolute Gasteiger partial charge is 0.489 e. The second-order valence-electron chi connectivity index (χ2n) is 11.8. The Bertz CT molecular complexity index is 1860. The van der Waals surface area contributed by atoms with Gasteiger partial charge in [-0.3, -0.25) is 14.4 Å². The summed E-state index contributed by atoms with van der Waals surface area (Å²) >= 11 is 2.69. The molecule has 2 saturated carbocycles. The molecule has 8 rings (SSSR count). The van der Waals surface area contributed by atoms with E-state index in [1.54, 1.807) is 0 Å². The Kier molecular flexibility index (Phi) is 6.36. The maximum Gasteiger partial charge on any atom is 0.418 e. The number of ether oxygens (including phenoxy) is 1. The van der Waals surface area contributed by atoms with Gasteiger partial charge in [0.25, 0.3) is 0 Å². The van der Waals surface area contributed by atoms with Crippen LogP contribution in [0.3, 0.4) is 0 Å². The van der Waals surface area contributed by atoms with Crippen molar-refractivity contribution in [2.75, 3.05) is 4.90 Å². The average molecular weight is 635 g/mol. The molecule has 2 aliphatic heterocycles. The van der Waals surface area contributed by atoms with Crippen LogP contribution in [0.15, 0.2) is 88.7 Å². The third-order valence-corrected chi connectivity index (χ3v) is 12.2. The van der Waals surface area contributed by atoms with Crippen LogP contribution < -0.4 is 14.5 Å². The number of alkyl halides is 3. The van der Waals surface area contributed by atoms with Gasteiger partial charge < -0.3 is 9.72 Å². The third kappa shape index (κ3) is 4.19. The van der Waals surface area contributed by atoms with Crippen LogP contribution >= 0.6 is 23.1 Å². The van der Waals surface area contributed by atoms with E-state index in [1.165, 1.54) is 30.0 Å². The number of aromatic nitrogens is 1. The van der Waals surface area contributed by atoms with Gasteiger partial charge in [-0.25, -0.2) is 4.90 Å². The number of carbonyl (C=O) groups excluding carboxylic acids is 2. The standard InChI is InChI=1S/C33H25F3N2O4S2/c34-33(35,36)21-11-4-5-12-22(21)38-30(39)25-19-14-20(26(25)31(38)40)27-24(19)23(28-29(43-27)37-32(41)44-28)17-9-6-10-18(13-17)42-15-16-7-2-1-3-8-16/h1-13,19-20,23-27H,14-15H2,(H,37,41)/t19?,20?,23-,24?,25?,26?,27?/m1/s1. The highest BCUT2D eigenvalue weighted by Crippen LogP contribution is 2.69. The van der Waals surface area contributed by atoms with Crippen LogP contribution in [-0.2, 0) is 22.4 Å². The highest BCUT2D eigenvalue weighted by molar-refractivity contribution is 8.00. The van der Waals surface area contributed by atoms with Gasteiger partial charge in [0, 0.05) is 16.0 Å². The molecule has 2 bridgehead atoms. The van der Waals surface area contributed by atoms with Gasteiger partial charge in [0.05, 0.1) is 28.1 Å². The maximum atomic E-state index is 14.0. The molecule has 7 atom stereocenters. The Hall–Kier alpha value is -3.83. The number of nitrogens with zero attached hydrogens (tertiary/aromatic N) is 1. The molecule has 1 saturated heterocycles. The quantitative estimate of drug-likeness (QED) is 0.247. The summed E-state index contributed by atoms with van der Waals surface area (Å²) in [5, 5.41) is 0.689. The number of carbonyl (C=O) groups is 2. The first kappa shape index (κ1) is 27.7. The van der Waals surface area contributed by atoms with Crippen LogP contribution in [-0.4, -0.2) is 22.0 Å². The smallest absolute Gasteiger partial charge is 0.418 e. The Morgan fingerprint density at radius 2 is 1.61 bits per heavy atom. The maximum absolute atomic E-state index is 14.0. The first-order valence-electron chi connectivity index (χ1n) is 14.4. The predicted molar refractivity (Wildman–Crippen MR) is 160 cm³/mol. The van der Waals surface area contributed by atoms with Gasteiger partial charge >= 0.3 is 11.0 Å². The summed E-state index contributed by atoms with van der Waals surface area (Å²) in [6, 6.07) is 22.4. The van der Waals surface area contributed by atoms with Crippen molar-refractivity contribution >= 4 is 40.6 Å². The summed E-state index contributed by atoms with van der Waals surface area (Å²) in [7, 11) is 0. The number of halogens is 3. The molecule has 0 radical (unpaired) electrons. The number of rotatable bonds is 5. The van der Waals surface area contributed by atoms with Gasteiger partial charge in [-0.1, -0.05) is 65.9 Å². The fourth-order valence-electron chi connectivity index (χ4n) is 8.07. The molecule has 2 amide bonds. The van der Waals surface area contributed by atoms with Crippen molar-refractivity contribution in [2.45, 2.75) is 35.4 Å². The topological polar surface area (TPSA) is 79.5 Å². The van der Waals surface area contributed by atoms with E-state index in [9.17, 15) is 27.6 Å². The second kappa shape index (κ2) is 10.1. The van der Waals surface area contributed by atoms with E-state index in [2.05, 4.69) is 4.98 Å². The van der Waals surface area contributed by atoms with Crippen molar-refractivity contribution in [1.29, 1.82) is 0 Å². The molecule has 6 nitrogen and oxygen atoms in total. The van der Waals surface area contributed by atoms with Crippen LogP contribution in [0.5, 0.6) is 5.75 Å². The summed E-state index contributed by atoms with van der Waals surface area (Å²) < 4.78 is 47.9. The Morgan fingerprint density at radius 3 is 2.39 bits per heavy atom. The Morgan fingerprint density at radius 1 is 0.886 bits per heavy atom. The van der Waals surface area contributed by atoms with Crippen LogP contribution in [0.4, 0.5) is 18.9 Å². The predicted octanol–water partition coefficient (Wildman–Crippen LogP) is 6.71. The molecular formula is C33H25F3N2O4S2. The zero-order valence-electron chi connectivity index (χ0n) is 23.0. The van der Waals surface area contributed by atoms with Crippen molar-refractivity contribution in [3.63, 3.8) is 0 Å². The number of para-hydroxylation sites is 1. The molecule has 3 aromatic carbocycles. The summed E-state index contributed by atoms with van der Waals surface area (Å²) in [6.45, 7) is 0.389. The fraction of sp³-hybridized carbons (Fsp3) is 0.303. The number of fused-ring (bicyclic) bond motifs is 9. The minimum Gasteiger partial charge on any atom is -0.489 e. The normalized spacial score (nSPS) is 28.6. The van der Waals surface area contributed by atoms with Crippen LogP contribution in [0.1, 0.15) is 33.9 Å². The van der Waals surface area contributed by atoms with Gasteiger partial charge in [-0.05, 0) is 59.6 Å². The lowest BCUT2D eigenvalue weighted by molar-refractivity contribution is -0.137. The number of benzene rings is 3. The van der Waals surface area contributed by atoms with E-state index in [0.29, 0.717) is 18.8 Å². The molecule has 3 heterocycles. The van der Waals surface area contributed by atoms with E-state index in [0.717, 1.165) is 43.3 Å². The summed E-state index contributed by atoms with van der Waals surface area (Å²) in [4.78, 5) is 44.9. The number of thioether (sulfide) groups is 1. The SMILES string of the molecule is O=C1C2C3CC(C2C(=O)N1c1ccccc1C(F)(F)F)C1C3Sc2[nH]c(=O)sc2[C@@H]1c1cccc(OCc2ccccc2)c1. The molecule has 44 heavy (non-hydrogen) atoms. The number of amides is 2. The first-order valence-corrected chi connectivity index (χ1v) is 16.1. The zero-order chi connectivity index (χ0) is 30.3. The molecule has 4 aliphatic rings. The van der Waals surface area contributed by atoms with E-state index in [4.69, 9.17) is 4.74 Å². The molecule has 3 fully saturated rings. The lowest BCUT2D eigenvalue weighted by atomic mass is 9.68. The number of nitrogens with one attached hydrogen (secondary N) is 1. The number of thiazole rings is 1. The van der Waals surface area contributed by atoms with Gasteiger partial charge in [0.1, 0.15) is 12.4 Å². The molecule has 11 heteroatoms. The minimum absolute atomic E-state index is 0.0764. The third-order valence-electron chi connectivity index (χ3n) is 9.64. The first-order chi connectivity index (χ1) is 21.2. The monoisotopic (exact) mass is 634 g/mol. The number of aromatic amines is 1. The molecule has 1 aromatic heterocycles. The minimum atomic E-state index is -4.71. The van der Waals surface area contributed by atoms with E-state index < -0.39 is 41.1 Å². The van der Waals surface area contributed by atoms with Crippen LogP contribution in [0.25, 0.3) is 0 Å². The van der Waals surface area contributed by atoms with Crippen molar-refractivity contribution in [3.8, 4) is 5.75 Å². The molecule has 6 unspecified atom stereocenters. The highest BCUT2D eigenvalue weighted by atomic mass is 32.2. The van der Waals surface area contributed by atoms with Gasteiger partial charge in [0.2, 0.25) is 11.8 Å². The fourth-order valence-corrected chi connectivity index (χ4v) is 11.0. The van der Waals surface area contributed by atoms with Crippen LogP contribution in [0.2, 0.25) is 0 Å². The van der Waals surface area contributed by atoms with E-state index in [-0.39, 0.29) is 33.8 Å². The Balaban J connectivity index is 1.16. The van der Waals surface area contributed by atoms with E-state index in [1.807, 2.05) is 54.6 Å². The van der Waals surface area contributed by atoms with Crippen molar-refractivity contribution < 1.29 is 27.5 Å². The lowest BCUT2D eigenvalue weighted by Crippen LogP contribution is -2.42. The molecule has 1 N–H and O–H groups in total. The molecule has 4 aromatic rings. The summed E-state index contributed by atoms with van der Waals surface area (Å²) in [5.74, 6) is -2.54. The van der Waals surface area contributed by atoms with Gasteiger partial charge in [0.15, 0.2) is 0 Å². The molecule has 0 spiro atoms. The van der Waals surface area contributed by atoms with E-state index >= 15 is 0 Å². The Labute approximate surface area is 258 Å².